The van der Waals surface area contributed by atoms with Crippen molar-refractivity contribution in [2.24, 2.45) is 11.1 Å². The van der Waals surface area contributed by atoms with Crippen LogP contribution in [0.3, 0.4) is 0 Å². The van der Waals surface area contributed by atoms with Crippen LogP contribution >= 0.6 is 23.1 Å². The monoisotopic (exact) mass is 557 g/mol. The first-order chi connectivity index (χ1) is 18.7. The topological polar surface area (TPSA) is 138 Å². The van der Waals surface area contributed by atoms with Gasteiger partial charge in [-0.1, -0.05) is 61.2 Å². The summed E-state index contributed by atoms with van der Waals surface area (Å²) < 4.78 is 0.578. The highest BCUT2D eigenvalue weighted by molar-refractivity contribution is 8.01. The summed E-state index contributed by atoms with van der Waals surface area (Å²) in [6, 6.07) is 13.5. The van der Waals surface area contributed by atoms with Crippen molar-refractivity contribution < 1.29 is 9.59 Å². The van der Waals surface area contributed by atoms with Crippen LogP contribution in [0.2, 0.25) is 0 Å². The Morgan fingerprint density at radius 2 is 2.05 bits per heavy atom. The highest BCUT2D eigenvalue weighted by atomic mass is 32.2. The second kappa shape index (κ2) is 10.6. The number of nitrogens with one attached hydrogen (secondary N) is 1. The molecular weight excluding hydrogens is 530 g/mol. The molecule has 11 heteroatoms. The Hall–Kier alpha value is -4.01. The van der Waals surface area contributed by atoms with Gasteiger partial charge in [0, 0.05) is 35.8 Å². The number of carbonyl (C=O) groups excluding carboxylic acids is 2. The van der Waals surface area contributed by atoms with Crippen LogP contribution in [0, 0.1) is 23.7 Å². The van der Waals surface area contributed by atoms with Gasteiger partial charge in [-0.05, 0) is 42.0 Å². The zero-order valence-electron chi connectivity index (χ0n) is 21.8. The van der Waals surface area contributed by atoms with Crippen molar-refractivity contribution in [1.29, 1.82) is 5.26 Å². The van der Waals surface area contributed by atoms with Crippen molar-refractivity contribution in [2.75, 3.05) is 16.0 Å². The van der Waals surface area contributed by atoms with Crippen molar-refractivity contribution in [3.8, 4) is 6.07 Å². The van der Waals surface area contributed by atoms with E-state index in [-0.39, 0.29) is 34.3 Å². The Labute approximate surface area is 234 Å². The van der Waals surface area contributed by atoms with Gasteiger partial charge < -0.3 is 11.1 Å². The maximum Gasteiger partial charge on any atom is 0.234 e. The molecule has 0 bridgehead atoms. The predicted molar refractivity (Wildman–Crippen MR) is 152 cm³/mol. The van der Waals surface area contributed by atoms with E-state index in [4.69, 9.17) is 5.73 Å². The smallest absolute Gasteiger partial charge is 0.234 e. The van der Waals surface area contributed by atoms with E-state index in [1.807, 2.05) is 51.1 Å². The van der Waals surface area contributed by atoms with Gasteiger partial charge in [0.15, 0.2) is 10.1 Å². The second-order valence-electron chi connectivity index (χ2n) is 10.3. The maximum absolute atomic E-state index is 13.6. The average molecular weight is 558 g/mol. The number of aryl methyl sites for hydroxylation is 1. The molecule has 2 aliphatic rings. The quantitative estimate of drug-likeness (QED) is 0.405. The van der Waals surface area contributed by atoms with Crippen LogP contribution < -0.4 is 16.0 Å². The third kappa shape index (κ3) is 5.30. The molecule has 1 aliphatic heterocycles. The van der Waals surface area contributed by atoms with E-state index < -0.39 is 5.92 Å². The highest BCUT2D eigenvalue weighted by Crippen LogP contribution is 2.50. The Balaban J connectivity index is 1.46. The number of thioether (sulfide) groups is 1. The summed E-state index contributed by atoms with van der Waals surface area (Å²) in [7, 11) is 0. The number of para-hydroxylation sites is 1. The average Bonchev–Trinajstić information content (AvgIpc) is 3.36. The minimum Gasteiger partial charge on any atom is -0.384 e. The molecule has 2 aromatic heterocycles. The number of anilines is 2. The molecule has 3 aromatic rings. The zero-order chi connectivity index (χ0) is 27.7. The number of aromatic nitrogens is 3. The number of hydrogen-bond donors (Lipinski definition) is 2. The lowest BCUT2D eigenvalue weighted by Gasteiger charge is -2.42. The van der Waals surface area contributed by atoms with Gasteiger partial charge in [-0.25, -0.2) is 0 Å². The number of nitrogens with two attached hydrogens (primary N) is 1. The van der Waals surface area contributed by atoms with Crippen LogP contribution in [0.25, 0.3) is 0 Å². The fraction of sp³-hybridized carbons (Fsp3) is 0.286. The van der Waals surface area contributed by atoms with Crippen LogP contribution in [0.15, 0.2) is 75.8 Å². The van der Waals surface area contributed by atoms with Crippen molar-refractivity contribution in [3.05, 3.63) is 82.6 Å². The minimum atomic E-state index is -0.592. The van der Waals surface area contributed by atoms with Crippen LogP contribution in [-0.4, -0.2) is 32.6 Å². The van der Waals surface area contributed by atoms with Crippen LogP contribution in [-0.2, 0) is 9.59 Å². The summed E-state index contributed by atoms with van der Waals surface area (Å²) in [4.78, 5) is 32.0. The van der Waals surface area contributed by atoms with Crippen molar-refractivity contribution in [3.63, 3.8) is 0 Å². The highest BCUT2D eigenvalue weighted by Gasteiger charge is 2.45. The van der Waals surface area contributed by atoms with Gasteiger partial charge in [-0.3, -0.25) is 19.5 Å². The summed E-state index contributed by atoms with van der Waals surface area (Å²) >= 11 is 2.53. The molecule has 0 radical (unpaired) electrons. The first-order valence-corrected chi connectivity index (χ1v) is 14.2. The molecule has 0 fully saturated rings. The number of benzene rings is 1. The molecule has 1 aromatic carbocycles. The fourth-order valence-electron chi connectivity index (χ4n) is 4.99. The maximum atomic E-state index is 13.6. The van der Waals surface area contributed by atoms with E-state index >= 15 is 0 Å². The minimum absolute atomic E-state index is 0.0210. The SMILES string of the molecule is Cc1ccccc1NC(=O)CSc1nnc(N2C(N)=C(C#N)C(c3cccnc3)C3=C2CC(C)(C)CC3=O)s1. The summed E-state index contributed by atoms with van der Waals surface area (Å²) in [5, 5.41) is 22.2. The zero-order valence-corrected chi connectivity index (χ0v) is 23.4. The molecular formula is C28H27N7O2S2. The molecule has 1 aliphatic carbocycles. The van der Waals surface area contributed by atoms with Gasteiger partial charge in [0.25, 0.3) is 0 Å². The predicted octanol–water partition coefficient (Wildman–Crippen LogP) is 4.91. The van der Waals surface area contributed by atoms with E-state index in [1.165, 1.54) is 23.1 Å². The standard InChI is InChI=1S/C28H27N7O2S2/c1-16-7-4-5-9-19(16)32-22(37)15-38-27-34-33-26(39-27)35-20-11-28(2,3)12-21(36)24(20)23(18(13-29)25(35)30)17-8-6-10-31-14-17/h4-10,14,23H,11-12,15,30H2,1-3H3,(H,32,37). The van der Waals surface area contributed by atoms with Gasteiger partial charge in [-0.15, -0.1) is 10.2 Å². The Kier molecular flexibility index (Phi) is 7.25. The number of hydrogen-bond acceptors (Lipinski definition) is 10. The molecule has 5 rings (SSSR count). The number of nitrogens with zero attached hydrogens (tertiary/aromatic N) is 5. The second-order valence-corrected chi connectivity index (χ2v) is 12.4. The summed E-state index contributed by atoms with van der Waals surface area (Å²) in [5.41, 5.74) is 10.4. The number of ketones is 1. The van der Waals surface area contributed by atoms with E-state index in [9.17, 15) is 14.9 Å². The van der Waals surface area contributed by atoms with Gasteiger partial charge in [0.05, 0.1) is 23.3 Å². The van der Waals surface area contributed by atoms with Gasteiger partial charge in [-0.2, -0.15) is 5.26 Å². The Bertz CT molecular complexity index is 1550. The fourth-order valence-corrected chi connectivity index (χ4v) is 6.67. The Morgan fingerprint density at radius 3 is 2.77 bits per heavy atom. The molecule has 198 valence electrons. The number of nitriles is 1. The molecule has 0 saturated carbocycles. The Morgan fingerprint density at radius 1 is 1.26 bits per heavy atom. The third-order valence-corrected chi connectivity index (χ3v) is 8.77. The van der Waals surface area contributed by atoms with Crippen LogP contribution in [0.1, 0.15) is 43.7 Å². The lowest BCUT2D eigenvalue weighted by atomic mass is 9.69. The number of carbonyl (C=O) groups is 2. The largest absolute Gasteiger partial charge is 0.384 e. The molecule has 3 heterocycles. The molecule has 1 atom stereocenters. The normalized spacial score (nSPS) is 18.6. The molecule has 1 unspecified atom stereocenters. The third-order valence-electron chi connectivity index (χ3n) is 6.73. The number of pyridine rings is 1. The van der Waals surface area contributed by atoms with Crippen LogP contribution in [0.4, 0.5) is 10.8 Å². The summed E-state index contributed by atoms with van der Waals surface area (Å²) in [6.07, 6.45) is 4.26. The van der Waals surface area contributed by atoms with Gasteiger partial charge in [0.2, 0.25) is 11.0 Å². The molecule has 39 heavy (non-hydrogen) atoms. The molecule has 1 amide bonds. The summed E-state index contributed by atoms with van der Waals surface area (Å²) in [6.45, 7) is 6.02. The van der Waals surface area contributed by atoms with E-state index in [2.05, 4.69) is 26.6 Å². The van der Waals surface area contributed by atoms with Crippen molar-refractivity contribution >= 4 is 45.6 Å². The van der Waals surface area contributed by atoms with E-state index in [1.54, 1.807) is 23.4 Å². The van der Waals surface area contributed by atoms with Gasteiger partial charge >= 0.3 is 0 Å². The first kappa shape index (κ1) is 26.6. The van der Waals surface area contributed by atoms with Crippen molar-refractivity contribution in [1.82, 2.24) is 15.2 Å². The summed E-state index contributed by atoms with van der Waals surface area (Å²) in [5.74, 6) is -0.391. The molecule has 0 spiro atoms. The molecule has 9 nitrogen and oxygen atoms in total. The lowest BCUT2D eigenvalue weighted by Crippen LogP contribution is -2.42. The first-order valence-electron chi connectivity index (χ1n) is 12.4. The van der Waals surface area contributed by atoms with E-state index in [0.717, 1.165) is 22.5 Å². The number of rotatable bonds is 6. The number of Topliss-reactive ketones (excluding diaryl/α,β-unsaturated/α-hetero) is 1. The lowest BCUT2D eigenvalue weighted by molar-refractivity contribution is -0.118. The number of allylic oxidation sites excluding steroid dienone is 3. The van der Waals surface area contributed by atoms with Crippen LogP contribution in [0.5, 0.6) is 0 Å². The molecule has 0 saturated heterocycles. The number of amides is 1. The van der Waals surface area contributed by atoms with E-state index in [0.29, 0.717) is 27.9 Å². The van der Waals surface area contributed by atoms with Gasteiger partial charge in [0.1, 0.15) is 5.82 Å². The molecule has 3 N–H and O–H groups in total. The van der Waals surface area contributed by atoms with Crippen molar-refractivity contribution in [2.45, 2.75) is 43.9 Å².